The van der Waals surface area contributed by atoms with E-state index < -0.39 is 0 Å². The lowest BCUT2D eigenvalue weighted by molar-refractivity contribution is -0.753. The van der Waals surface area contributed by atoms with E-state index in [2.05, 4.69) is 10.00 Å². The molecule has 62 valence electrons. The van der Waals surface area contributed by atoms with Crippen molar-refractivity contribution in [3.05, 3.63) is 12.4 Å². The summed E-state index contributed by atoms with van der Waals surface area (Å²) in [7, 11) is 3.90. The van der Waals surface area contributed by atoms with Gasteiger partial charge in [0, 0.05) is 13.6 Å². The lowest BCUT2D eigenvalue weighted by atomic mass is 10.6. The van der Waals surface area contributed by atoms with E-state index in [0.29, 0.717) is 6.54 Å². The molecule has 0 saturated heterocycles. The van der Waals surface area contributed by atoms with Crippen LogP contribution in [-0.4, -0.2) is 18.3 Å². The van der Waals surface area contributed by atoms with Gasteiger partial charge in [-0.25, -0.2) is 0 Å². The van der Waals surface area contributed by atoms with Crippen molar-refractivity contribution in [2.75, 3.05) is 18.9 Å². The van der Waals surface area contributed by atoms with Crippen LogP contribution in [0, 0.1) is 0 Å². The number of nitrogens with zero attached hydrogens (tertiary/aromatic N) is 2. The Bertz CT molecular complexity index is 228. The molecule has 0 saturated carbocycles. The number of hydrogen-bond acceptors (Lipinski definition) is 2. The predicted octanol–water partition coefficient (Wildman–Crippen LogP) is -0.687. The van der Waals surface area contributed by atoms with Gasteiger partial charge in [-0.1, -0.05) is 0 Å². The number of hydrogen-bond donors (Lipinski definition) is 2. The molecule has 0 aromatic carbocycles. The van der Waals surface area contributed by atoms with Crippen molar-refractivity contribution in [1.29, 1.82) is 0 Å². The van der Waals surface area contributed by atoms with E-state index in [0.717, 1.165) is 12.2 Å². The summed E-state index contributed by atoms with van der Waals surface area (Å²) >= 11 is 0. The number of rotatable bonds is 3. The average molecular weight is 155 g/mol. The van der Waals surface area contributed by atoms with Crippen LogP contribution in [0.5, 0.6) is 0 Å². The third kappa shape index (κ3) is 1.71. The highest BCUT2D eigenvalue weighted by Gasteiger charge is 2.05. The van der Waals surface area contributed by atoms with Gasteiger partial charge >= 0.3 is 0 Å². The highest BCUT2D eigenvalue weighted by molar-refractivity contribution is 5.34. The van der Waals surface area contributed by atoms with Crippen molar-refractivity contribution >= 4 is 5.69 Å². The topological polar surface area (TPSA) is 46.9 Å². The summed E-state index contributed by atoms with van der Waals surface area (Å²) < 4.78 is 4.07. The first-order chi connectivity index (χ1) is 5.27. The Morgan fingerprint density at radius 1 is 1.73 bits per heavy atom. The molecule has 1 rings (SSSR count). The van der Waals surface area contributed by atoms with Crippen LogP contribution in [0.25, 0.3) is 0 Å². The van der Waals surface area contributed by atoms with E-state index in [1.807, 2.05) is 31.2 Å². The number of nitrogens with two attached hydrogens (primary N) is 1. The minimum atomic E-state index is 0.672. The molecule has 0 spiro atoms. The van der Waals surface area contributed by atoms with Gasteiger partial charge in [0.15, 0.2) is 7.05 Å². The molecule has 0 unspecified atom stereocenters. The first-order valence-corrected chi connectivity index (χ1v) is 3.72. The Morgan fingerprint density at radius 3 is 2.91 bits per heavy atom. The number of aryl methyl sites for hydroxylation is 1. The van der Waals surface area contributed by atoms with Crippen LogP contribution in [0.2, 0.25) is 0 Å². The fourth-order valence-corrected chi connectivity index (χ4v) is 1.04. The second-order valence-corrected chi connectivity index (χ2v) is 2.49. The van der Waals surface area contributed by atoms with Gasteiger partial charge in [-0.3, -0.25) is 0 Å². The minimum Gasteiger partial charge on any atom is -0.382 e. The predicted molar refractivity (Wildman–Crippen MR) is 44.2 cm³/mol. The maximum absolute atomic E-state index is 5.43. The molecule has 1 heterocycles. The summed E-state index contributed by atoms with van der Waals surface area (Å²) in [6, 6.07) is 0. The maximum atomic E-state index is 5.43. The molecule has 0 aliphatic heterocycles. The molecule has 4 nitrogen and oxygen atoms in total. The van der Waals surface area contributed by atoms with Gasteiger partial charge < -0.3 is 11.1 Å². The van der Waals surface area contributed by atoms with Gasteiger partial charge in [-0.15, -0.1) is 4.68 Å². The number of nitrogens with one attached hydrogen (secondary N) is 1. The summed E-state index contributed by atoms with van der Waals surface area (Å²) in [6.07, 6.45) is 4.06. The molecule has 0 aliphatic carbocycles. The molecule has 0 bridgehead atoms. The lowest BCUT2D eigenvalue weighted by Gasteiger charge is -1.93. The second-order valence-electron chi connectivity index (χ2n) is 2.49. The van der Waals surface area contributed by atoms with Crippen LogP contribution in [0.15, 0.2) is 12.4 Å². The summed E-state index contributed by atoms with van der Waals surface area (Å²) in [5, 5.41) is 3.06. The molecular formula is C7H15N4+. The maximum Gasteiger partial charge on any atom is 0.218 e. The Kier molecular flexibility index (Phi) is 2.48. The van der Waals surface area contributed by atoms with E-state index in [-0.39, 0.29) is 0 Å². The van der Waals surface area contributed by atoms with Crippen LogP contribution >= 0.6 is 0 Å². The zero-order valence-corrected chi connectivity index (χ0v) is 7.04. The molecule has 0 fully saturated rings. The van der Waals surface area contributed by atoms with Crippen LogP contribution in [0.3, 0.4) is 0 Å². The van der Waals surface area contributed by atoms with Crippen molar-refractivity contribution in [2.24, 2.45) is 12.8 Å². The molecule has 4 heteroatoms. The van der Waals surface area contributed by atoms with Crippen molar-refractivity contribution in [3.63, 3.8) is 0 Å². The van der Waals surface area contributed by atoms with Crippen molar-refractivity contribution in [3.8, 4) is 0 Å². The first kappa shape index (κ1) is 8.07. The van der Waals surface area contributed by atoms with E-state index in [1.54, 1.807) is 0 Å². The van der Waals surface area contributed by atoms with Gasteiger partial charge in [0.25, 0.3) is 0 Å². The van der Waals surface area contributed by atoms with Crippen LogP contribution in [0.4, 0.5) is 5.69 Å². The third-order valence-corrected chi connectivity index (χ3v) is 1.67. The molecule has 0 aliphatic rings. The highest BCUT2D eigenvalue weighted by atomic mass is 15.4. The Morgan fingerprint density at radius 2 is 2.45 bits per heavy atom. The van der Waals surface area contributed by atoms with Crippen LogP contribution < -0.4 is 15.7 Å². The quantitative estimate of drug-likeness (QED) is 0.568. The standard InChI is InChI=1S/C7H15N4/c1-9-7-5-10(2)11(6-7)4-3-8/h5-6,9H,3-4,8H2,1-2H3/q+1. The molecule has 3 N–H and O–H groups in total. The van der Waals surface area contributed by atoms with Crippen LogP contribution in [-0.2, 0) is 13.6 Å². The van der Waals surface area contributed by atoms with Crippen molar-refractivity contribution in [1.82, 2.24) is 4.68 Å². The summed E-state index contributed by atoms with van der Waals surface area (Å²) in [4.78, 5) is 0. The molecular weight excluding hydrogens is 140 g/mol. The fourth-order valence-electron chi connectivity index (χ4n) is 1.04. The molecule has 1 aromatic heterocycles. The molecule has 1 aromatic rings. The Balaban J connectivity index is 2.79. The first-order valence-electron chi connectivity index (χ1n) is 3.72. The van der Waals surface area contributed by atoms with Gasteiger partial charge in [0.05, 0.1) is 12.7 Å². The largest absolute Gasteiger partial charge is 0.382 e. The average Bonchev–Trinajstić information content (AvgIpc) is 2.33. The summed E-state index contributed by atoms with van der Waals surface area (Å²) in [5.74, 6) is 0. The van der Waals surface area contributed by atoms with Crippen LogP contribution in [0.1, 0.15) is 0 Å². The molecule has 11 heavy (non-hydrogen) atoms. The van der Waals surface area contributed by atoms with Gasteiger partial charge in [-0.05, 0) is 0 Å². The fraction of sp³-hybridized carbons (Fsp3) is 0.571. The van der Waals surface area contributed by atoms with Crippen molar-refractivity contribution < 1.29 is 4.68 Å². The van der Waals surface area contributed by atoms with E-state index in [4.69, 9.17) is 5.73 Å². The van der Waals surface area contributed by atoms with Gasteiger partial charge in [0.2, 0.25) is 6.20 Å². The SMILES string of the molecule is CNc1cn(CCN)[n+](C)c1. The number of anilines is 1. The smallest absolute Gasteiger partial charge is 0.218 e. The Hall–Kier alpha value is -1.03. The zero-order chi connectivity index (χ0) is 8.27. The van der Waals surface area contributed by atoms with E-state index in [1.165, 1.54) is 0 Å². The summed E-state index contributed by atoms with van der Waals surface area (Å²) in [6.45, 7) is 1.53. The lowest BCUT2D eigenvalue weighted by Crippen LogP contribution is -2.39. The molecule has 0 radical (unpaired) electrons. The van der Waals surface area contributed by atoms with Gasteiger partial charge in [0.1, 0.15) is 5.69 Å². The molecule has 0 atom stereocenters. The zero-order valence-electron chi connectivity index (χ0n) is 7.04. The van der Waals surface area contributed by atoms with Crippen molar-refractivity contribution in [2.45, 2.75) is 6.54 Å². The monoisotopic (exact) mass is 155 g/mol. The molecule has 0 amide bonds. The Labute approximate surface area is 66.6 Å². The highest BCUT2D eigenvalue weighted by Crippen LogP contribution is 1.99. The summed E-state index contributed by atoms with van der Waals surface area (Å²) in [5.41, 5.74) is 6.54. The number of aromatic nitrogens is 2. The van der Waals surface area contributed by atoms with E-state index >= 15 is 0 Å². The third-order valence-electron chi connectivity index (χ3n) is 1.67. The normalized spacial score (nSPS) is 10.1. The second kappa shape index (κ2) is 3.39. The van der Waals surface area contributed by atoms with Gasteiger partial charge in [-0.2, -0.15) is 4.68 Å². The van der Waals surface area contributed by atoms with E-state index in [9.17, 15) is 0 Å². The minimum absolute atomic E-state index is 0.672.